The first kappa shape index (κ1) is 22.9. The van der Waals surface area contributed by atoms with Gasteiger partial charge in [0.25, 0.3) is 5.56 Å². The maximum atomic E-state index is 12.8. The zero-order valence-electron chi connectivity index (χ0n) is 19.3. The number of nitrogens with zero attached hydrogens (tertiary/aromatic N) is 4. The average Bonchev–Trinajstić information content (AvgIpc) is 2.84. The number of carbonyl (C=O) groups excluding carboxylic acids is 1. The summed E-state index contributed by atoms with van der Waals surface area (Å²) in [6.45, 7) is 10.4. The summed E-state index contributed by atoms with van der Waals surface area (Å²) in [4.78, 5) is 43.0. The number of fused-ring (bicyclic) bond motifs is 1. The predicted molar refractivity (Wildman–Crippen MR) is 131 cm³/mol. The van der Waals surface area contributed by atoms with Crippen LogP contribution in [0.4, 0.5) is 5.69 Å². The Morgan fingerprint density at radius 2 is 1.52 bits per heavy atom. The van der Waals surface area contributed by atoms with Crippen LogP contribution in [-0.2, 0) is 24.4 Å². The third-order valence-electron chi connectivity index (χ3n) is 6.31. The first-order valence-corrected chi connectivity index (χ1v) is 11.6. The van der Waals surface area contributed by atoms with E-state index in [-0.39, 0.29) is 24.6 Å². The number of nitrogens with one attached hydrogen (secondary N) is 1. The van der Waals surface area contributed by atoms with Crippen molar-refractivity contribution < 1.29 is 4.79 Å². The van der Waals surface area contributed by atoms with Crippen LogP contribution in [0.3, 0.4) is 0 Å². The van der Waals surface area contributed by atoms with Gasteiger partial charge in [-0.15, -0.1) is 0 Å². The Morgan fingerprint density at radius 1 is 0.848 bits per heavy atom. The van der Waals surface area contributed by atoms with E-state index in [1.54, 1.807) is 31.2 Å². The van der Waals surface area contributed by atoms with Gasteiger partial charge in [0.2, 0.25) is 5.91 Å². The molecule has 1 N–H and O–H groups in total. The highest BCUT2D eigenvalue weighted by molar-refractivity contribution is 5.91. The second kappa shape index (κ2) is 10.1. The van der Waals surface area contributed by atoms with E-state index in [1.807, 2.05) is 24.3 Å². The molecule has 1 saturated heterocycles. The Bertz CT molecular complexity index is 1240. The Labute approximate surface area is 193 Å². The van der Waals surface area contributed by atoms with Gasteiger partial charge in [0, 0.05) is 45.0 Å². The van der Waals surface area contributed by atoms with Gasteiger partial charge in [-0.2, -0.15) is 0 Å². The van der Waals surface area contributed by atoms with Gasteiger partial charge in [0.1, 0.15) is 6.54 Å². The molecule has 0 radical (unpaired) electrons. The monoisotopic (exact) mass is 449 g/mol. The predicted octanol–water partition coefficient (Wildman–Crippen LogP) is 1.96. The molecule has 0 atom stereocenters. The van der Waals surface area contributed by atoms with Crippen LogP contribution in [0.2, 0.25) is 0 Å². The molecule has 2 aromatic carbocycles. The van der Waals surface area contributed by atoms with Crippen molar-refractivity contribution in [1.82, 2.24) is 18.9 Å². The topological polar surface area (TPSA) is 79.6 Å². The molecular weight excluding hydrogens is 418 g/mol. The number of likely N-dealkylation sites (N-methyl/N-ethyl adjacent to an activating group) is 1. The molecule has 8 heteroatoms. The van der Waals surface area contributed by atoms with Gasteiger partial charge in [-0.3, -0.25) is 23.6 Å². The number of piperazine rings is 1. The highest BCUT2D eigenvalue weighted by Crippen LogP contribution is 2.14. The molecule has 33 heavy (non-hydrogen) atoms. The summed E-state index contributed by atoms with van der Waals surface area (Å²) >= 11 is 0. The van der Waals surface area contributed by atoms with Gasteiger partial charge in [0.05, 0.1) is 10.9 Å². The molecule has 1 amide bonds. The molecule has 0 bridgehead atoms. The number of amides is 1. The van der Waals surface area contributed by atoms with Crippen LogP contribution in [0.1, 0.15) is 19.4 Å². The Hall–Kier alpha value is -3.23. The molecule has 0 saturated carbocycles. The lowest BCUT2D eigenvalue weighted by Gasteiger charge is -2.34. The summed E-state index contributed by atoms with van der Waals surface area (Å²) in [6, 6.07) is 14.7. The van der Waals surface area contributed by atoms with Crippen LogP contribution in [0, 0.1) is 0 Å². The number of benzene rings is 2. The van der Waals surface area contributed by atoms with Gasteiger partial charge in [-0.1, -0.05) is 31.2 Å². The molecule has 1 fully saturated rings. The van der Waals surface area contributed by atoms with Crippen molar-refractivity contribution in [2.45, 2.75) is 33.5 Å². The minimum Gasteiger partial charge on any atom is -0.325 e. The van der Waals surface area contributed by atoms with Crippen LogP contribution in [-0.4, -0.2) is 57.6 Å². The standard InChI is InChI=1S/C25H31N5O3/c1-3-27-13-15-28(16-14-27)17-19-9-11-20(12-10-19)26-23(31)18-30-22-8-6-5-7-21(22)24(32)29(4-2)25(30)33/h5-12H,3-4,13-18H2,1-2H3,(H,26,31). The van der Waals surface area contributed by atoms with Crippen molar-refractivity contribution in [3.8, 4) is 0 Å². The molecular formula is C25H31N5O3. The zero-order valence-corrected chi connectivity index (χ0v) is 19.3. The van der Waals surface area contributed by atoms with E-state index in [0.717, 1.165) is 43.8 Å². The van der Waals surface area contributed by atoms with E-state index in [4.69, 9.17) is 0 Å². The number of anilines is 1. The van der Waals surface area contributed by atoms with E-state index >= 15 is 0 Å². The summed E-state index contributed by atoms with van der Waals surface area (Å²) in [5.41, 5.74) is 1.54. The third kappa shape index (κ3) is 5.07. The van der Waals surface area contributed by atoms with Crippen LogP contribution in [0.25, 0.3) is 10.9 Å². The lowest BCUT2D eigenvalue weighted by molar-refractivity contribution is -0.116. The first-order chi connectivity index (χ1) is 16.0. The van der Waals surface area contributed by atoms with Crippen LogP contribution in [0.15, 0.2) is 58.1 Å². The second-order valence-electron chi connectivity index (χ2n) is 8.39. The third-order valence-corrected chi connectivity index (χ3v) is 6.31. The minimum atomic E-state index is -0.477. The Balaban J connectivity index is 1.44. The quantitative estimate of drug-likeness (QED) is 0.597. The number of carbonyl (C=O) groups is 1. The molecule has 174 valence electrons. The van der Waals surface area contributed by atoms with Gasteiger partial charge in [-0.25, -0.2) is 4.79 Å². The number of hydrogen-bond donors (Lipinski definition) is 1. The normalized spacial score (nSPS) is 15.1. The van der Waals surface area contributed by atoms with Crippen molar-refractivity contribution in [3.05, 3.63) is 74.9 Å². The van der Waals surface area contributed by atoms with Crippen molar-refractivity contribution in [2.75, 3.05) is 38.0 Å². The molecule has 8 nitrogen and oxygen atoms in total. The average molecular weight is 450 g/mol. The van der Waals surface area contributed by atoms with E-state index in [1.165, 1.54) is 10.1 Å². The van der Waals surface area contributed by atoms with Gasteiger partial charge in [-0.05, 0) is 43.3 Å². The van der Waals surface area contributed by atoms with Crippen molar-refractivity contribution in [3.63, 3.8) is 0 Å². The van der Waals surface area contributed by atoms with Gasteiger partial charge < -0.3 is 10.2 Å². The molecule has 2 heterocycles. The first-order valence-electron chi connectivity index (χ1n) is 11.6. The van der Waals surface area contributed by atoms with Crippen LogP contribution in [0.5, 0.6) is 0 Å². The van der Waals surface area contributed by atoms with E-state index < -0.39 is 5.69 Å². The smallest absolute Gasteiger partial charge is 0.325 e. The van der Waals surface area contributed by atoms with Gasteiger partial charge >= 0.3 is 5.69 Å². The van der Waals surface area contributed by atoms with E-state index in [9.17, 15) is 14.4 Å². The lowest BCUT2D eigenvalue weighted by atomic mass is 10.1. The summed E-state index contributed by atoms with van der Waals surface area (Å²) in [5, 5.41) is 3.30. The second-order valence-corrected chi connectivity index (χ2v) is 8.39. The fraction of sp³-hybridized carbons (Fsp3) is 0.400. The lowest BCUT2D eigenvalue weighted by Crippen LogP contribution is -2.45. The largest absolute Gasteiger partial charge is 0.331 e. The molecule has 0 unspecified atom stereocenters. The molecule has 3 aromatic rings. The maximum absolute atomic E-state index is 12.8. The summed E-state index contributed by atoms with van der Waals surface area (Å²) < 4.78 is 2.52. The Kier molecular flexibility index (Phi) is 7.05. The van der Waals surface area contributed by atoms with Crippen molar-refractivity contribution >= 4 is 22.5 Å². The molecule has 1 aliphatic heterocycles. The van der Waals surface area contributed by atoms with Crippen molar-refractivity contribution in [1.29, 1.82) is 0 Å². The molecule has 0 aliphatic carbocycles. The van der Waals surface area contributed by atoms with Crippen LogP contribution >= 0.6 is 0 Å². The number of rotatable bonds is 7. The minimum absolute atomic E-state index is 0.164. The van der Waals surface area contributed by atoms with Gasteiger partial charge in [0.15, 0.2) is 0 Å². The Morgan fingerprint density at radius 3 is 2.18 bits per heavy atom. The summed E-state index contributed by atoms with van der Waals surface area (Å²) in [5.74, 6) is -0.313. The highest BCUT2D eigenvalue weighted by Gasteiger charge is 2.16. The molecule has 1 aliphatic rings. The maximum Gasteiger partial charge on any atom is 0.331 e. The zero-order chi connectivity index (χ0) is 23.4. The summed E-state index contributed by atoms with van der Waals surface area (Å²) in [6.07, 6.45) is 0. The molecule has 4 rings (SSSR count). The SMILES string of the molecule is CCN1CCN(Cc2ccc(NC(=O)Cn3c(=O)n(CC)c(=O)c4ccccc43)cc2)CC1. The number of hydrogen-bond acceptors (Lipinski definition) is 5. The molecule has 0 spiro atoms. The van der Waals surface area contributed by atoms with E-state index in [2.05, 4.69) is 22.0 Å². The van der Waals surface area contributed by atoms with E-state index in [0.29, 0.717) is 16.6 Å². The fourth-order valence-corrected chi connectivity index (χ4v) is 4.36. The fourth-order valence-electron chi connectivity index (χ4n) is 4.36. The number of aromatic nitrogens is 2. The number of para-hydroxylation sites is 1. The van der Waals surface area contributed by atoms with Crippen molar-refractivity contribution in [2.24, 2.45) is 0 Å². The highest BCUT2D eigenvalue weighted by atomic mass is 16.2. The molecule has 1 aromatic heterocycles. The van der Waals surface area contributed by atoms with Crippen LogP contribution < -0.4 is 16.6 Å². The summed E-state index contributed by atoms with van der Waals surface area (Å²) in [7, 11) is 0.